The zero-order valence-corrected chi connectivity index (χ0v) is 12.1. The molecule has 0 heterocycles. The lowest BCUT2D eigenvalue weighted by atomic mass is 9.78. The Hall–Kier alpha value is -0.120. The van der Waals surface area contributed by atoms with E-state index in [4.69, 9.17) is 10.5 Å². The molecule has 0 saturated heterocycles. The topological polar surface area (TPSA) is 47.3 Å². The van der Waals surface area contributed by atoms with Crippen molar-refractivity contribution in [3.05, 3.63) is 0 Å². The van der Waals surface area contributed by atoms with Crippen molar-refractivity contribution in [3.63, 3.8) is 0 Å². The van der Waals surface area contributed by atoms with E-state index < -0.39 is 0 Å². The molecule has 0 fully saturated rings. The molecule has 2 atom stereocenters. The van der Waals surface area contributed by atoms with Gasteiger partial charge in [-0.25, -0.2) is 0 Å². The molecule has 0 bridgehead atoms. The first kappa shape index (κ1) is 15.9. The fourth-order valence-electron chi connectivity index (χ4n) is 1.71. The predicted molar refractivity (Wildman–Crippen MR) is 70.3 cm³/mol. The largest absolute Gasteiger partial charge is 0.360 e. The Balaban J connectivity index is 4.39. The second-order valence-corrected chi connectivity index (χ2v) is 5.92. The van der Waals surface area contributed by atoms with Gasteiger partial charge in [-0.3, -0.25) is 0 Å². The predicted octanol–water partition coefficient (Wildman–Crippen LogP) is 2.36. The van der Waals surface area contributed by atoms with E-state index in [0.29, 0.717) is 18.6 Å². The monoisotopic (exact) mass is 230 g/mol. The third-order valence-electron chi connectivity index (χ3n) is 4.23. The summed E-state index contributed by atoms with van der Waals surface area (Å²) in [5, 5.41) is 3.36. The van der Waals surface area contributed by atoms with Crippen LogP contribution in [0, 0.1) is 11.8 Å². The molecule has 0 rings (SSSR count). The number of hydrogen-bond acceptors (Lipinski definition) is 3. The summed E-state index contributed by atoms with van der Waals surface area (Å²) in [6, 6.07) is 0. The van der Waals surface area contributed by atoms with Gasteiger partial charge in [0.25, 0.3) is 0 Å². The second kappa shape index (κ2) is 5.99. The molecule has 0 spiro atoms. The maximum absolute atomic E-state index is 5.60. The van der Waals surface area contributed by atoms with Crippen LogP contribution in [-0.4, -0.2) is 24.9 Å². The Morgan fingerprint density at radius 2 is 1.62 bits per heavy atom. The number of nitrogens with one attached hydrogen (secondary N) is 1. The minimum atomic E-state index is -0.146. The minimum Gasteiger partial charge on any atom is -0.360 e. The van der Waals surface area contributed by atoms with E-state index in [9.17, 15) is 0 Å². The summed E-state index contributed by atoms with van der Waals surface area (Å²) < 4.78 is 5.60. The van der Waals surface area contributed by atoms with Crippen molar-refractivity contribution in [2.75, 3.05) is 13.8 Å². The molecule has 0 saturated carbocycles. The lowest BCUT2D eigenvalue weighted by Gasteiger charge is -2.38. The lowest BCUT2D eigenvalue weighted by Crippen LogP contribution is -2.45. The van der Waals surface area contributed by atoms with Gasteiger partial charge in [0.15, 0.2) is 0 Å². The molecule has 3 N–H and O–H groups in total. The molecule has 0 aromatic carbocycles. The molecule has 0 aliphatic heterocycles. The van der Waals surface area contributed by atoms with Gasteiger partial charge in [-0.05, 0) is 53.0 Å². The van der Waals surface area contributed by atoms with E-state index in [1.54, 1.807) is 0 Å². The maximum atomic E-state index is 5.60. The average molecular weight is 230 g/mol. The highest BCUT2D eigenvalue weighted by molar-refractivity contribution is 4.86. The molecule has 0 aliphatic rings. The van der Waals surface area contributed by atoms with Gasteiger partial charge in [-0.15, -0.1) is 0 Å². The van der Waals surface area contributed by atoms with Crippen molar-refractivity contribution in [1.82, 2.24) is 5.32 Å². The summed E-state index contributed by atoms with van der Waals surface area (Å²) in [4.78, 5) is 0. The summed E-state index contributed by atoms with van der Waals surface area (Å²) in [5.41, 5.74) is 5.47. The highest BCUT2D eigenvalue weighted by atomic mass is 16.5. The highest BCUT2D eigenvalue weighted by Gasteiger charge is 2.32. The van der Waals surface area contributed by atoms with Crippen molar-refractivity contribution in [1.29, 1.82) is 0 Å². The average Bonchev–Trinajstić information content (AvgIpc) is 2.17. The standard InChI is InChI=1S/C13H30N2O/c1-10(12(3,4)15-7)8-11(2)13(5,6)16-9-14/h10-11,15H,8-9,14H2,1-7H3. The first-order valence-corrected chi connectivity index (χ1v) is 6.20. The molecule has 3 nitrogen and oxygen atoms in total. The van der Waals surface area contributed by atoms with Gasteiger partial charge in [0.05, 0.1) is 12.3 Å². The summed E-state index contributed by atoms with van der Waals surface area (Å²) in [6.07, 6.45) is 1.13. The van der Waals surface area contributed by atoms with Crippen LogP contribution in [0.2, 0.25) is 0 Å². The Kier molecular flexibility index (Phi) is 5.94. The van der Waals surface area contributed by atoms with Crippen molar-refractivity contribution >= 4 is 0 Å². The maximum Gasteiger partial charge on any atom is 0.0947 e. The smallest absolute Gasteiger partial charge is 0.0947 e. The van der Waals surface area contributed by atoms with Crippen molar-refractivity contribution < 1.29 is 4.74 Å². The third-order valence-corrected chi connectivity index (χ3v) is 4.23. The van der Waals surface area contributed by atoms with Crippen molar-refractivity contribution in [3.8, 4) is 0 Å². The minimum absolute atomic E-state index is 0.146. The fraction of sp³-hybridized carbons (Fsp3) is 1.00. The van der Waals surface area contributed by atoms with E-state index in [0.717, 1.165) is 6.42 Å². The lowest BCUT2D eigenvalue weighted by molar-refractivity contribution is -0.0603. The normalized spacial score (nSPS) is 17.2. The van der Waals surface area contributed by atoms with Crippen LogP contribution in [0.25, 0.3) is 0 Å². The van der Waals surface area contributed by atoms with Crippen molar-refractivity contribution in [2.24, 2.45) is 17.6 Å². The molecule has 0 aromatic rings. The molecule has 2 unspecified atom stereocenters. The number of ether oxygens (including phenoxy) is 1. The first-order chi connectivity index (χ1) is 7.17. The van der Waals surface area contributed by atoms with Crippen molar-refractivity contribution in [2.45, 2.75) is 59.1 Å². The van der Waals surface area contributed by atoms with Gasteiger partial charge in [0, 0.05) is 5.54 Å². The fourth-order valence-corrected chi connectivity index (χ4v) is 1.71. The molecule has 3 heteroatoms. The quantitative estimate of drug-likeness (QED) is 0.660. The van der Waals surface area contributed by atoms with E-state index in [2.05, 4.69) is 46.9 Å². The Bertz CT molecular complexity index is 202. The van der Waals surface area contributed by atoms with E-state index in [-0.39, 0.29) is 11.1 Å². The molecule has 0 aromatic heterocycles. The zero-order valence-electron chi connectivity index (χ0n) is 12.1. The molecule has 16 heavy (non-hydrogen) atoms. The number of nitrogens with two attached hydrogens (primary N) is 1. The van der Waals surface area contributed by atoms with Gasteiger partial charge < -0.3 is 15.8 Å². The highest BCUT2D eigenvalue weighted by Crippen LogP contribution is 2.30. The van der Waals surface area contributed by atoms with Crippen LogP contribution in [0.15, 0.2) is 0 Å². The van der Waals surface area contributed by atoms with Gasteiger partial charge in [0.1, 0.15) is 0 Å². The molecule has 98 valence electrons. The summed E-state index contributed by atoms with van der Waals surface area (Å²) in [7, 11) is 2.02. The molecule has 0 aliphatic carbocycles. The van der Waals surface area contributed by atoms with E-state index in [1.165, 1.54) is 0 Å². The summed E-state index contributed by atoms with van der Waals surface area (Å²) in [5.74, 6) is 1.08. The van der Waals surface area contributed by atoms with Gasteiger partial charge in [-0.2, -0.15) is 0 Å². The zero-order chi connectivity index (χ0) is 13.0. The van der Waals surface area contributed by atoms with Crippen LogP contribution in [0.4, 0.5) is 0 Å². The van der Waals surface area contributed by atoms with E-state index >= 15 is 0 Å². The van der Waals surface area contributed by atoms with Crippen LogP contribution in [0.1, 0.15) is 48.0 Å². The van der Waals surface area contributed by atoms with Gasteiger partial charge >= 0.3 is 0 Å². The van der Waals surface area contributed by atoms with Crippen LogP contribution >= 0.6 is 0 Å². The van der Waals surface area contributed by atoms with Crippen LogP contribution in [-0.2, 0) is 4.74 Å². The van der Waals surface area contributed by atoms with Crippen LogP contribution < -0.4 is 11.1 Å². The van der Waals surface area contributed by atoms with Gasteiger partial charge in [0.2, 0.25) is 0 Å². The summed E-state index contributed by atoms with van der Waals surface area (Å²) >= 11 is 0. The van der Waals surface area contributed by atoms with Gasteiger partial charge in [-0.1, -0.05) is 13.8 Å². The second-order valence-electron chi connectivity index (χ2n) is 5.92. The summed E-state index contributed by atoms with van der Waals surface area (Å²) in [6.45, 7) is 13.5. The molecule has 0 amide bonds. The SMILES string of the molecule is CNC(C)(C)C(C)CC(C)C(C)(C)OCN. The third kappa shape index (κ3) is 4.40. The number of rotatable bonds is 7. The first-order valence-electron chi connectivity index (χ1n) is 6.20. The molecular weight excluding hydrogens is 200 g/mol. The molecule has 0 radical (unpaired) electrons. The molecular formula is C13H30N2O. The van der Waals surface area contributed by atoms with Crippen LogP contribution in [0.5, 0.6) is 0 Å². The van der Waals surface area contributed by atoms with E-state index in [1.807, 2.05) is 7.05 Å². The Labute approximate surface area is 101 Å². The Morgan fingerprint density at radius 3 is 2.00 bits per heavy atom. The Morgan fingerprint density at radius 1 is 1.12 bits per heavy atom. The number of hydrogen-bond donors (Lipinski definition) is 2. The van der Waals surface area contributed by atoms with Crippen LogP contribution in [0.3, 0.4) is 0 Å².